The normalized spacial score (nSPS) is 11.5. The Hall–Kier alpha value is -1.82. The van der Waals surface area contributed by atoms with Crippen molar-refractivity contribution in [2.45, 2.75) is 31.7 Å². The monoisotopic (exact) mass is 279 g/mol. The number of hydrogen-bond donors (Lipinski definition) is 2. The van der Waals surface area contributed by atoms with Crippen molar-refractivity contribution in [2.75, 3.05) is 4.72 Å². The summed E-state index contributed by atoms with van der Waals surface area (Å²) in [4.78, 5) is 0. The predicted octanol–water partition coefficient (Wildman–Crippen LogP) is 2.34. The molecule has 1 heterocycles. The number of sulfonamides is 1. The summed E-state index contributed by atoms with van der Waals surface area (Å²) in [6, 6.07) is 7.25. The SMILES string of the molecule is CCc1cccc(CC)c1NS(=O)(=O)c1ccn[nH]1. The third-order valence-electron chi connectivity index (χ3n) is 3.00. The molecule has 0 aliphatic rings. The fourth-order valence-electron chi connectivity index (χ4n) is 1.96. The Morgan fingerprint density at radius 1 is 1.16 bits per heavy atom. The third-order valence-corrected chi connectivity index (χ3v) is 4.28. The predicted molar refractivity (Wildman–Crippen MR) is 74.6 cm³/mol. The van der Waals surface area contributed by atoms with Gasteiger partial charge in [0.05, 0.1) is 11.9 Å². The van der Waals surface area contributed by atoms with Crippen LogP contribution in [0.2, 0.25) is 0 Å². The van der Waals surface area contributed by atoms with Crippen molar-refractivity contribution in [1.29, 1.82) is 0 Å². The van der Waals surface area contributed by atoms with Crippen LogP contribution in [0.5, 0.6) is 0 Å². The molecule has 5 nitrogen and oxygen atoms in total. The van der Waals surface area contributed by atoms with Crippen LogP contribution in [-0.4, -0.2) is 18.6 Å². The van der Waals surface area contributed by atoms with E-state index in [2.05, 4.69) is 14.9 Å². The summed E-state index contributed by atoms with van der Waals surface area (Å²) in [5.74, 6) is 0. The second-order valence-corrected chi connectivity index (χ2v) is 5.84. The lowest BCUT2D eigenvalue weighted by molar-refractivity contribution is 0.597. The second kappa shape index (κ2) is 5.44. The molecular weight excluding hydrogens is 262 g/mol. The van der Waals surface area contributed by atoms with Crippen LogP contribution in [0.4, 0.5) is 5.69 Å². The molecule has 0 aliphatic carbocycles. The van der Waals surface area contributed by atoms with Crippen molar-refractivity contribution in [3.63, 3.8) is 0 Å². The van der Waals surface area contributed by atoms with Gasteiger partial charge in [-0.15, -0.1) is 0 Å². The number of nitrogens with one attached hydrogen (secondary N) is 2. The fourth-order valence-corrected chi connectivity index (χ4v) is 3.01. The van der Waals surface area contributed by atoms with Crippen LogP contribution in [-0.2, 0) is 22.9 Å². The van der Waals surface area contributed by atoms with Crippen LogP contribution >= 0.6 is 0 Å². The van der Waals surface area contributed by atoms with E-state index in [1.54, 1.807) is 0 Å². The highest BCUT2D eigenvalue weighted by Crippen LogP contribution is 2.25. The van der Waals surface area contributed by atoms with E-state index in [1.807, 2.05) is 32.0 Å². The molecule has 0 radical (unpaired) electrons. The van der Waals surface area contributed by atoms with Crippen molar-refractivity contribution in [3.05, 3.63) is 41.6 Å². The van der Waals surface area contributed by atoms with Crippen LogP contribution in [0.1, 0.15) is 25.0 Å². The van der Waals surface area contributed by atoms with E-state index in [-0.39, 0.29) is 5.03 Å². The maximum absolute atomic E-state index is 12.2. The van der Waals surface area contributed by atoms with Gasteiger partial charge in [0.25, 0.3) is 10.0 Å². The van der Waals surface area contributed by atoms with Gasteiger partial charge in [-0.25, -0.2) is 0 Å². The molecule has 19 heavy (non-hydrogen) atoms. The molecule has 0 unspecified atom stereocenters. The molecule has 0 amide bonds. The summed E-state index contributed by atoms with van der Waals surface area (Å²) in [6.45, 7) is 4.01. The van der Waals surface area contributed by atoms with Gasteiger partial charge in [-0.05, 0) is 30.0 Å². The Bertz CT molecular complexity index is 626. The Morgan fingerprint density at radius 3 is 2.26 bits per heavy atom. The van der Waals surface area contributed by atoms with Gasteiger partial charge in [0, 0.05) is 0 Å². The molecular formula is C13H17N3O2S. The molecule has 0 spiro atoms. The van der Waals surface area contributed by atoms with Crippen LogP contribution in [0.3, 0.4) is 0 Å². The quantitative estimate of drug-likeness (QED) is 0.882. The van der Waals surface area contributed by atoms with Crippen molar-refractivity contribution in [2.24, 2.45) is 0 Å². The highest BCUT2D eigenvalue weighted by atomic mass is 32.2. The summed E-state index contributed by atoms with van der Waals surface area (Å²) in [7, 11) is -3.60. The molecule has 0 saturated carbocycles. The first-order chi connectivity index (χ1) is 9.08. The summed E-state index contributed by atoms with van der Waals surface area (Å²) in [5, 5.41) is 6.21. The molecule has 0 atom stereocenters. The zero-order valence-electron chi connectivity index (χ0n) is 11.0. The van der Waals surface area contributed by atoms with E-state index < -0.39 is 10.0 Å². The van der Waals surface area contributed by atoms with Crippen LogP contribution < -0.4 is 4.72 Å². The molecule has 1 aromatic heterocycles. The van der Waals surface area contributed by atoms with Crippen molar-refractivity contribution < 1.29 is 8.42 Å². The highest BCUT2D eigenvalue weighted by molar-refractivity contribution is 7.92. The van der Waals surface area contributed by atoms with Gasteiger partial charge in [0.1, 0.15) is 0 Å². The lowest BCUT2D eigenvalue weighted by Gasteiger charge is -2.14. The van der Waals surface area contributed by atoms with Gasteiger partial charge in [-0.2, -0.15) is 13.5 Å². The minimum absolute atomic E-state index is 0.0699. The van der Waals surface area contributed by atoms with Crippen molar-refractivity contribution in [3.8, 4) is 0 Å². The van der Waals surface area contributed by atoms with E-state index in [4.69, 9.17) is 0 Å². The molecule has 0 saturated heterocycles. The van der Waals surface area contributed by atoms with E-state index in [0.29, 0.717) is 5.69 Å². The zero-order valence-corrected chi connectivity index (χ0v) is 11.8. The second-order valence-electron chi connectivity index (χ2n) is 4.18. The number of rotatable bonds is 5. The zero-order chi connectivity index (χ0) is 13.9. The molecule has 2 rings (SSSR count). The number of benzene rings is 1. The maximum atomic E-state index is 12.2. The Labute approximate surface area is 113 Å². The number of aryl methyl sites for hydroxylation is 2. The minimum atomic E-state index is -3.60. The Kier molecular flexibility index (Phi) is 3.90. The maximum Gasteiger partial charge on any atom is 0.278 e. The summed E-state index contributed by atoms with van der Waals surface area (Å²) in [5.41, 5.74) is 2.66. The average molecular weight is 279 g/mol. The summed E-state index contributed by atoms with van der Waals surface area (Å²) in [6.07, 6.45) is 2.96. The van der Waals surface area contributed by atoms with Crippen LogP contribution in [0.15, 0.2) is 35.5 Å². The standard InChI is InChI=1S/C13H17N3O2S/c1-3-10-6-5-7-11(4-2)13(10)16-19(17,18)12-8-9-14-15-12/h5-9,16H,3-4H2,1-2H3,(H,14,15). The first kappa shape index (κ1) is 13.6. The topological polar surface area (TPSA) is 74.8 Å². The minimum Gasteiger partial charge on any atom is -0.278 e. The summed E-state index contributed by atoms with van der Waals surface area (Å²) >= 11 is 0. The van der Waals surface area contributed by atoms with Gasteiger partial charge in [-0.3, -0.25) is 9.82 Å². The average Bonchev–Trinajstić information content (AvgIpc) is 2.93. The highest BCUT2D eigenvalue weighted by Gasteiger charge is 2.18. The third kappa shape index (κ3) is 2.78. The number of hydrogen-bond acceptors (Lipinski definition) is 3. The smallest absolute Gasteiger partial charge is 0.278 e. The largest absolute Gasteiger partial charge is 0.278 e. The number of para-hydroxylation sites is 1. The first-order valence-electron chi connectivity index (χ1n) is 6.21. The van der Waals surface area contributed by atoms with E-state index in [1.165, 1.54) is 12.3 Å². The molecule has 0 aliphatic heterocycles. The van der Waals surface area contributed by atoms with Gasteiger partial charge in [-0.1, -0.05) is 32.0 Å². The lowest BCUT2D eigenvalue weighted by Crippen LogP contribution is -2.16. The number of aromatic amines is 1. The van der Waals surface area contributed by atoms with E-state index in [9.17, 15) is 8.42 Å². The van der Waals surface area contributed by atoms with E-state index >= 15 is 0 Å². The molecule has 0 fully saturated rings. The lowest BCUT2D eigenvalue weighted by atomic mass is 10.0. The van der Waals surface area contributed by atoms with Crippen molar-refractivity contribution >= 4 is 15.7 Å². The summed E-state index contributed by atoms with van der Waals surface area (Å²) < 4.78 is 27.1. The van der Waals surface area contributed by atoms with Gasteiger partial charge in [0.2, 0.25) is 0 Å². The van der Waals surface area contributed by atoms with Gasteiger partial charge in [0.15, 0.2) is 5.03 Å². The van der Waals surface area contributed by atoms with Crippen LogP contribution in [0.25, 0.3) is 0 Å². The fraction of sp³-hybridized carbons (Fsp3) is 0.308. The molecule has 1 aromatic carbocycles. The number of anilines is 1. The molecule has 102 valence electrons. The number of aromatic nitrogens is 2. The molecule has 2 aromatic rings. The van der Waals surface area contributed by atoms with Gasteiger partial charge < -0.3 is 0 Å². The molecule has 2 N–H and O–H groups in total. The first-order valence-corrected chi connectivity index (χ1v) is 7.69. The van der Waals surface area contributed by atoms with Crippen LogP contribution in [0, 0.1) is 0 Å². The van der Waals surface area contributed by atoms with E-state index in [0.717, 1.165) is 24.0 Å². The molecule has 0 bridgehead atoms. The Morgan fingerprint density at radius 2 is 1.79 bits per heavy atom. The molecule has 6 heteroatoms. The number of nitrogens with zero attached hydrogens (tertiary/aromatic N) is 1. The van der Waals surface area contributed by atoms with Crippen molar-refractivity contribution in [1.82, 2.24) is 10.2 Å². The Balaban J connectivity index is 2.44. The van der Waals surface area contributed by atoms with Gasteiger partial charge >= 0.3 is 0 Å². The number of H-pyrrole nitrogens is 1.